The molecular formula is C17H23NO3. The molecule has 1 fully saturated rings. The zero-order valence-electron chi connectivity index (χ0n) is 12.5. The van der Waals surface area contributed by atoms with Crippen LogP contribution in [0.1, 0.15) is 49.4 Å². The molecule has 1 aliphatic heterocycles. The minimum atomic E-state index is -0.457. The SMILES string of the molecule is CC[C@@H](O)[C@@H]1CCCN1C(=O)CCC(=O)c1ccccc1. The summed E-state index contributed by atoms with van der Waals surface area (Å²) < 4.78 is 0. The highest BCUT2D eigenvalue weighted by atomic mass is 16.3. The first-order valence-electron chi connectivity index (χ1n) is 7.69. The first-order valence-corrected chi connectivity index (χ1v) is 7.69. The molecule has 0 saturated carbocycles. The Hall–Kier alpha value is -1.68. The lowest BCUT2D eigenvalue weighted by Crippen LogP contribution is -2.42. The van der Waals surface area contributed by atoms with Crippen molar-refractivity contribution in [3.05, 3.63) is 35.9 Å². The number of carbonyl (C=O) groups is 2. The van der Waals surface area contributed by atoms with E-state index >= 15 is 0 Å². The molecule has 0 aliphatic carbocycles. The maximum Gasteiger partial charge on any atom is 0.223 e. The van der Waals surface area contributed by atoms with Crippen LogP contribution < -0.4 is 0 Å². The fourth-order valence-corrected chi connectivity index (χ4v) is 2.91. The number of aliphatic hydroxyl groups excluding tert-OH is 1. The molecule has 0 spiro atoms. The second kappa shape index (κ2) is 7.36. The number of likely N-dealkylation sites (tertiary alicyclic amines) is 1. The number of rotatable bonds is 6. The lowest BCUT2D eigenvalue weighted by atomic mass is 10.0. The van der Waals surface area contributed by atoms with Crippen LogP contribution in [0.25, 0.3) is 0 Å². The number of benzene rings is 1. The maximum atomic E-state index is 12.3. The standard InChI is InChI=1S/C17H23NO3/c1-2-15(19)14-9-6-12-18(14)17(21)11-10-16(20)13-7-4-3-5-8-13/h3-5,7-8,14-15,19H,2,6,9-12H2,1H3/t14-,15+/m0/s1. The van der Waals surface area contributed by atoms with E-state index in [9.17, 15) is 14.7 Å². The fourth-order valence-electron chi connectivity index (χ4n) is 2.91. The molecule has 1 amide bonds. The lowest BCUT2D eigenvalue weighted by molar-refractivity contribution is -0.134. The highest BCUT2D eigenvalue weighted by molar-refractivity contribution is 5.97. The van der Waals surface area contributed by atoms with Gasteiger partial charge in [-0.2, -0.15) is 0 Å². The van der Waals surface area contributed by atoms with Crippen molar-refractivity contribution in [1.82, 2.24) is 4.90 Å². The third-order valence-corrected chi connectivity index (χ3v) is 4.14. The van der Waals surface area contributed by atoms with E-state index in [1.54, 1.807) is 17.0 Å². The minimum absolute atomic E-state index is 0.00395. The van der Waals surface area contributed by atoms with Crippen molar-refractivity contribution in [2.75, 3.05) is 6.54 Å². The number of hydrogen-bond donors (Lipinski definition) is 1. The van der Waals surface area contributed by atoms with Gasteiger partial charge in [0.1, 0.15) is 0 Å². The van der Waals surface area contributed by atoms with Crippen LogP contribution in [0.3, 0.4) is 0 Å². The average molecular weight is 289 g/mol. The molecule has 0 unspecified atom stereocenters. The first kappa shape index (κ1) is 15.7. The van der Waals surface area contributed by atoms with Gasteiger partial charge >= 0.3 is 0 Å². The molecular weight excluding hydrogens is 266 g/mol. The van der Waals surface area contributed by atoms with E-state index in [4.69, 9.17) is 0 Å². The summed E-state index contributed by atoms with van der Waals surface area (Å²) in [6.07, 6.45) is 2.43. The highest BCUT2D eigenvalue weighted by Gasteiger charge is 2.32. The van der Waals surface area contributed by atoms with Crippen molar-refractivity contribution < 1.29 is 14.7 Å². The van der Waals surface area contributed by atoms with E-state index in [-0.39, 0.29) is 30.6 Å². The van der Waals surface area contributed by atoms with E-state index in [0.717, 1.165) is 12.8 Å². The first-order chi connectivity index (χ1) is 10.1. The van der Waals surface area contributed by atoms with Crippen molar-refractivity contribution in [3.8, 4) is 0 Å². The quantitative estimate of drug-likeness (QED) is 0.818. The zero-order valence-corrected chi connectivity index (χ0v) is 12.5. The van der Waals surface area contributed by atoms with Gasteiger partial charge in [0.15, 0.2) is 5.78 Å². The Morgan fingerprint density at radius 3 is 2.67 bits per heavy atom. The van der Waals surface area contributed by atoms with Crippen molar-refractivity contribution >= 4 is 11.7 Å². The number of hydrogen-bond acceptors (Lipinski definition) is 3. The van der Waals surface area contributed by atoms with Gasteiger partial charge in [0.25, 0.3) is 0 Å². The monoisotopic (exact) mass is 289 g/mol. The molecule has 2 atom stereocenters. The second-order valence-corrected chi connectivity index (χ2v) is 5.56. The fraction of sp³-hybridized carbons (Fsp3) is 0.529. The molecule has 2 rings (SSSR count). The van der Waals surface area contributed by atoms with Gasteiger partial charge in [-0.05, 0) is 19.3 Å². The summed E-state index contributed by atoms with van der Waals surface area (Å²) in [6, 6.07) is 8.97. The number of carbonyl (C=O) groups excluding carboxylic acids is 2. The summed E-state index contributed by atoms with van der Waals surface area (Å²) in [5, 5.41) is 9.97. The van der Waals surface area contributed by atoms with Crippen LogP contribution in [0, 0.1) is 0 Å². The van der Waals surface area contributed by atoms with E-state index in [2.05, 4.69) is 0 Å². The molecule has 0 bridgehead atoms. The van der Waals surface area contributed by atoms with E-state index in [0.29, 0.717) is 18.5 Å². The Bertz CT molecular complexity index is 486. The molecule has 4 heteroatoms. The molecule has 1 aliphatic rings. The summed E-state index contributed by atoms with van der Waals surface area (Å²) >= 11 is 0. The second-order valence-electron chi connectivity index (χ2n) is 5.56. The topological polar surface area (TPSA) is 57.6 Å². The summed E-state index contributed by atoms with van der Waals surface area (Å²) in [4.78, 5) is 26.0. The van der Waals surface area contributed by atoms with Gasteiger partial charge in [-0.25, -0.2) is 0 Å². The largest absolute Gasteiger partial charge is 0.391 e. The third-order valence-electron chi connectivity index (χ3n) is 4.14. The molecule has 1 aromatic rings. The molecule has 0 aromatic heterocycles. The molecule has 114 valence electrons. The third kappa shape index (κ3) is 3.91. The summed E-state index contributed by atoms with van der Waals surface area (Å²) in [7, 11) is 0. The summed E-state index contributed by atoms with van der Waals surface area (Å²) in [5.74, 6) is -0.0231. The van der Waals surface area contributed by atoms with E-state index in [1.165, 1.54) is 0 Å². The van der Waals surface area contributed by atoms with Crippen LogP contribution in [-0.2, 0) is 4.79 Å². The number of amides is 1. The predicted molar refractivity (Wildman–Crippen MR) is 81.0 cm³/mol. The van der Waals surface area contributed by atoms with Crippen molar-refractivity contribution in [2.24, 2.45) is 0 Å². The molecule has 1 saturated heterocycles. The number of ketones is 1. The van der Waals surface area contributed by atoms with E-state index < -0.39 is 6.10 Å². The molecule has 1 N–H and O–H groups in total. The Morgan fingerprint density at radius 1 is 1.29 bits per heavy atom. The average Bonchev–Trinajstić information content (AvgIpc) is 3.02. The van der Waals surface area contributed by atoms with Crippen molar-refractivity contribution in [2.45, 2.75) is 51.2 Å². The van der Waals surface area contributed by atoms with Crippen LogP contribution >= 0.6 is 0 Å². The molecule has 4 nitrogen and oxygen atoms in total. The minimum Gasteiger partial charge on any atom is -0.391 e. The molecule has 21 heavy (non-hydrogen) atoms. The van der Waals surface area contributed by atoms with Crippen LogP contribution in [-0.4, -0.2) is 40.4 Å². The summed E-state index contributed by atoms with van der Waals surface area (Å²) in [5.41, 5.74) is 0.650. The maximum absolute atomic E-state index is 12.3. The number of Topliss-reactive ketones (excluding diaryl/α,β-unsaturated/α-hetero) is 1. The van der Waals surface area contributed by atoms with Gasteiger partial charge in [0.2, 0.25) is 5.91 Å². The van der Waals surface area contributed by atoms with Crippen molar-refractivity contribution in [3.63, 3.8) is 0 Å². The number of aliphatic hydroxyl groups is 1. The number of nitrogens with zero attached hydrogens (tertiary/aromatic N) is 1. The van der Waals surface area contributed by atoms with Gasteiger partial charge in [-0.1, -0.05) is 37.3 Å². The zero-order chi connectivity index (χ0) is 15.2. The van der Waals surface area contributed by atoms with Gasteiger partial charge in [-0.15, -0.1) is 0 Å². The van der Waals surface area contributed by atoms with E-state index in [1.807, 2.05) is 25.1 Å². The van der Waals surface area contributed by atoms with Gasteiger partial charge in [0.05, 0.1) is 12.1 Å². The van der Waals surface area contributed by atoms with Gasteiger partial charge in [0, 0.05) is 24.9 Å². The lowest BCUT2D eigenvalue weighted by Gasteiger charge is -2.28. The van der Waals surface area contributed by atoms with Crippen LogP contribution in [0.2, 0.25) is 0 Å². The Morgan fingerprint density at radius 2 is 2.00 bits per heavy atom. The van der Waals surface area contributed by atoms with Crippen LogP contribution in [0.4, 0.5) is 0 Å². The van der Waals surface area contributed by atoms with Crippen LogP contribution in [0.5, 0.6) is 0 Å². The van der Waals surface area contributed by atoms with Crippen molar-refractivity contribution in [1.29, 1.82) is 0 Å². The van der Waals surface area contributed by atoms with Gasteiger partial charge in [-0.3, -0.25) is 9.59 Å². The van der Waals surface area contributed by atoms with Gasteiger partial charge < -0.3 is 10.0 Å². The highest BCUT2D eigenvalue weighted by Crippen LogP contribution is 2.23. The Kier molecular flexibility index (Phi) is 5.51. The smallest absolute Gasteiger partial charge is 0.223 e. The summed E-state index contributed by atoms with van der Waals surface area (Å²) in [6.45, 7) is 2.62. The predicted octanol–water partition coefficient (Wildman–Crippen LogP) is 2.41. The molecule has 1 aromatic carbocycles. The Balaban J connectivity index is 1.88. The molecule has 0 radical (unpaired) electrons. The normalized spacial score (nSPS) is 19.5. The Labute approximate surface area is 125 Å². The van der Waals surface area contributed by atoms with Crippen LogP contribution in [0.15, 0.2) is 30.3 Å². The molecule has 1 heterocycles.